The van der Waals surface area contributed by atoms with Crippen molar-refractivity contribution in [1.82, 2.24) is 9.97 Å². The Morgan fingerprint density at radius 2 is 2.20 bits per heavy atom. The van der Waals surface area contributed by atoms with Crippen molar-refractivity contribution in [2.24, 2.45) is 5.73 Å². The molecule has 2 heterocycles. The SMILES string of the molecule is CCc1cccnc1CNc1cc(C(N)=O)c(N)cn1. The summed E-state index contributed by atoms with van der Waals surface area (Å²) < 4.78 is 0. The molecule has 2 rings (SSSR count). The van der Waals surface area contributed by atoms with E-state index >= 15 is 0 Å². The fraction of sp³-hybridized carbons (Fsp3) is 0.214. The maximum atomic E-state index is 11.2. The predicted molar refractivity (Wildman–Crippen MR) is 78.1 cm³/mol. The first-order chi connectivity index (χ1) is 9.61. The van der Waals surface area contributed by atoms with E-state index in [2.05, 4.69) is 22.2 Å². The largest absolute Gasteiger partial charge is 0.397 e. The van der Waals surface area contributed by atoms with Gasteiger partial charge in [-0.2, -0.15) is 0 Å². The number of anilines is 2. The zero-order chi connectivity index (χ0) is 14.5. The summed E-state index contributed by atoms with van der Waals surface area (Å²) >= 11 is 0. The van der Waals surface area contributed by atoms with E-state index in [1.54, 1.807) is 12.3 Å². The smallest absolute Gasteiger partial charge is 0.250 e. The van der Waals surface area contributed by atoms with Crippen molar-refractivity contribution in [3.05, 3.63) is 47.4 Å². The lowest BCUT2D eigenvalue weighted by Gasteiger charge is -2.10. The van der Waals surface area contributed by atoms with Crippen molar-refractivity contribution in [1.29, 1.82) is 0 Å². The number of aromatic nitrogens is 2. The molecule has 0 aromatic carbocycles. The molecule has 5 N–H and O–H groups in total. The number of rotatable bonds is 5. The van der Waals surface area contributed by atoms with Crippen LogP contribution < -0.4 is 16.8 Å². The van der Waals surface area contributed by atoms with Gasteiger partial charge in [-0.1, -0.05) is 13.0 Å². The van der Waals surface area contributed by atoms with Crippen molar-refractivity contribution < 1.29 is 4.79 Å². The summed E-state index contributed by atoms with van der Waals surface area (Å²) in [7, 11) is 0. The summed E-state index contributed by atoms with van der Waals surface area (Å²) in [5.41, 5.74) is 13.6. The fourth-order valence-corrected chi connectivity index (χ4v) is 1.90. The van der Waals surface area contributed by atoms with Crippen LogP contribution in [0.25, 0.3) is 0 Å². The normalized spacial score (nSPS) is 10.2. The Balaban J connectivity index is 2.15. The number of nitrogens with zero attached hydrogens (tertiary/aromatic N) is 2. The number of aryl methyl sites for hydroxylation is 1. The van der Waals surface area contributed by atoms with E-state index in [1.807, 2.05) is 12.1 Å². The van der Waals surface area contributed by atoms with Crippen LogP contribution in [0.2, 0.25) is 0 Å². The van der Waals surface area contributed by atoms with E-state index in [1.165, 1.54) is 11.8 Å². The van der Waals surface area contributed by atoms with Gasteiger partial charge in [0, 0.05) is 6.20 Å². The lowest BCUT2D eigenvalue weighted by atomic mass is 10.1. The molecular formula is C14H17N5O. The van der Waals surface area contributed by atoms with Crippen LogP contribution in [0, 0.1) is 0 Å². The van der Waals surface area contributed by atoms with Crippen molar-refractivity contribution >= 4 is 17.4 Å². The summed E-state index contributed by atoms with van der Waals surface area (Å²) in [5, 5.41) is 3.12. The Labute approximate surface area is 117 Å². The molecule has 0 aliphatic carbocycles. The summed E-state index contributed by atoms with van der Waals surface area (Å²) in [5.74, 6) is -0.0271. The van der Waals surface area contributed by atoms with Gasteiger partial charge in [-0.05, 0) is 24.1 Å². The van der Waals surface area contributed by atoms with Crippen LogP contribution in [-0.2, 0) is 13.0 Å². The van der Waals surface area contributed by atoms with E-state index in [0.717, 1.165) is 12.1 Å². The first-order valence-electron chi connectivity index (χ1n) is 6.33. The molecule has 6 heteroatoms. The molecule has 0 spiro atoms. The van der Waals surface area contributed by atoms with Crippen molar-refractivity contribution in [2.75, 3.05) is 11.1 Å². The highest BCUT2D eigenvalue weighted by molar-refractivity contribution is 5.98. The topological polar surface area (TPSA) is 107 Å². The highest BCUT2D eigenvalue weighted by atomic mass is 16.1. The van der Waals surface area contributed by atoms with Crippen LogP contribution in [0.1, 0.15) is 28.5 Å². The number of amides is 1. The first kappa shape index (κ1) is 13.8. The number of carbonyl (C=O) groups excluding carboxylic acids is 1. The Morgan fingerprint density at radius 3 is 2.90 bits per heavy atom. The van der Waals surface area contributed by atoms with E-state index in [0.29, 0.717) is 12.4 Å². The number of nitrogens with one attached hydrogen (secondary N) is 1. The van der Waals surface area contributed by atoms with Gasteiger partial charge in [0.1, 0.15) is 5.82 Å². The predicted octanol–water partition coefficient (Wildman–Crippen LogP) is 1.33. The van der Waals surface area contributed by atoms with Crippen LogP contribution in [-0.4, -0.2) is 15.9 Å². The molecule has 0 aliphatic rings. The highest BCUT2D eigenvalue weighted by Crippen LogP contribution is 2.15. The minimum atomic E-state index is -0.569. The molecule has 0 saturated carbocycles. The molecule has 6 nitrogen and oxygen atoms in total. The summed E-state index contributed by atoms with van der Waals surface area (Å²) in [4.78, 5) is 19.7. The van der Waals surface area contributed by atoms with Gasteiger partial charge >= 0.3 is 0 Å². The Morgan fingerprint density at radius 1 is 1.40 bits per heavy atom. The number of pyridine rings is 2. The standard InChI is InChI=1S/C14H17N5O/c1-2-9-4-3-5-17-12(9)8-19-13-6-10(14(16)20)11(15)7-18-13/h3-7H,2,8,15H2,1H3,(H2,16,20)(H,18,19). The molecule has 0 unspecified atom stereocenters. The third-order valence-electron chi connectivity index (χ3n) is 3.00. The minimum absolute atomic E-state index is 0.263. The third kappa shape index (κ3) is 3.03. The maximum Gasteiger partial charge on any atom is 0.250 e. The highest BCUT2D eigenvalue weighted by Gasteiger charge is 2.08. The van der Waals surface area contributed by atoms with Gasteiger partial charge in [-0.3, -0.25) is 9.78 Å². The molecule has 0 bridgehead atoms. The molecule has 0 atom stereocenters. The second-order valence-corrected chi connectivity index (χ2v) is 4.34. The zero-order valence-electron chi connectivity index (χ0n) is 11.3. The van der Waals surface area contributed by atoms with Gasteiger partial charge in [-0.15, -0.1) is 0 Å². The van der Waals surface area contributed by atoms with Crippen LogP contribution in [0.4, 0.5) is 11.5 Å². The summed E-state index contributed by atoms with van der Waals surface area (Å²) in [6.07, 6.45) is 4.08. The summed E-state index contributed by atoms with van der Waals surface area (Å²) in [6, 6.07) is 5.50. The second kappa shape index (κ2) is 6.01. The van der Waals surface area contributed by atoms with Crippen LogP contribution in [0.3, 0.4) is 0 Å². The monoisotopic (exact) mass is 271 g/mol. The van der Waals surface area contributed by atoms with E-state index in [9.17, 15) is 4.79 Å². The molecular weight excluding hydrogens is 254 g/mol. The number of hydrogen-bond acceptors (Lipinski definition) is 5. The van der Waals surface area contributed by atoms with Gasteiger partial charge in [0.25, 0.3) is 5.91 Å². The molecule has 0 fully saturated rings. The quantitative estimate of drug-likeness (QED) is 0.760. The van der Waals surface area contributed by atoms with E-state index < -0.39 is 5.91 Å². The van der Waals surface area contributed by atoms with Gasteiger partial charge in [-0.25, -0.2) is 4.98 Å². The van der Waals surface area contributed by atoms with E-state index in [4.69, 9.17) is 11.5 Å². The number of carbonyl (C=O) groups is 1. The lowest BCUT2D eigenvalue weighted by Crippen LogP contribution is -2.15. The lowest BCUT2D eigenvalue weighted by molar-refractivity contribution is 0.100. The molecule has 0 saturated heterocycles. The molecule has 1 amide bonds. The molecule has 104 valence electrons. The van der Waals surface area contributed by atoms with Crippen molar-refractivity contribution in [3.63, 3.8) is 0 Å². The van der Waals surface area contributed by atoms with Gasteiger partial charge < -0.3 is 16.8 Å². The Kier molecular flexibility index (Phi) is 4.14. The van der Waals surface area contributed by atoms with Gasteiger partial charge in [0.15, 0.2) is 0 Å². The Bertz CT molecular complexity index is 627. The van der Waals surface area contributed by atoms with Gasteiger partial charge in [0.05, 0.1) is 29.7 Å². The summed E-state index contributed by atoms with van der Waals surface area (Å²) in [6.45, 7) is 2.60. The Hall–Kier alpha value is -2.63. The molecule has 2 aromatic heterocycles. The number of nitrogens with two attached hydrogens (primary N) is 2. The van der Waals surface area contributed by atoms with Crippen LogP contribution >= 0.6 is 0 Å². The third-order valence-corrected chi connectivity index (χ3v) is 3.00. The molecule has 2 aromatic rings. The van der Waals surface area contributed by atoms with Gasteiger partial charge in [0.2, 0.25) is 0 Å². The fourth-order valence-electron chi connectivity index (χ4n) is 1.90. The first-order valence-corrected chi connectivity index (χ1v) is 6.33. The zero-order valence-corrected chi connectivity index (χ0v) is 11.3. The van der Waals surface area contributed by atoms with Crippen molar-refractivity contribution in [3.8, 4) is 0 Å². The number of hydrogen-bond donors (Lipinski definition) is 3. The van der Waals surface area contributed by atoms with Crippen molar-refractivity contribution in [2.45, 2.75) is 19.9 Å². The maximum absolute atomic E-state index is 11.2. The number of nitrogen functional groups attached to an aromatic ring is 1. The van der Waals surface area contributed by atoms with Crippen LogP contribution in [0.15, 0.2) is 30.6 Å². The molecule has 0 aliphatic heterocycles. The second-order valence-electron chi connectivity index (χ2n) is 4.34. The average Bonchev–Trinajstić information content (AvgIpc) is 2.46. The van der Waals surface area contributed by atoms with Crippen LogP contribution in [0.5, 0.6) is 0 Å². The molecule has 0 radical (unpaired) electrons. The van der Waals surface area contributed by atoms with E-state index in [-0.39, 0.29) is 11.3 Å². The minimum Gasteiger partial charge on any atom is -0.397 e. The molecule has 20 heavy (non-hydrogen) atoms. The average molecular weight is 271 g/mol. The number of primary amides is 1.